The second-order valence-electron chi connectivity index (χ2n) is 12.7. The molecule has 4 aliphatic carbocycles. The molecule has 8 atom stereocenters. The van der Waals surface area contributed by atoms with Crippen LogP contribution in [0.4, 0.5) is 4.39 Å². The number of rotatable bonds is 5. The summed E-state index contributed by atoms with van der Waals surface area (Å²) in [6.45, 7) is 6.04. The molecule has 0 spiro atoms. The number of carbonyl (C=O) groups excluding carboxylic acids is 1. The van der Waals surface area contributed by atoms with E-state index in [0.29, 0.717) is 28.0 Å². The van der Waals surface area contributed by atoms with Gasteiger partial charge in [-0.1, -0.05) is 20.3 Å². The van der Waals surface area contributed by atoms with Crippen LogP contribution in [0.5, 0.6) is 0 Å². The Morgan fingerprint density at radius 3 is 2.86 bits per heavy atom. The van der Waals surface area contributed by atoms with Crippen LogP contribution in [0.3, 0.4) is 0 Å². The maximum absolute atomic E-state index is 13.6. The molecule has 5 nitrogen and oxygen atoms in total. The summed E-state index contributed by atoms with van der Waals surface area (Å²) in [5.41, 5.74) is 1.07. The Balaban J connectivity index is 1.22. The van der Waals surface area contributed by atoms with Crippen molar-refractivity contribution in [3.05, 3.63) is 24.4 Å². The molecule has 8 unspecified atom stereocenters. The summed E-state index contributed by atoms with van der Waals surface area (Å²) in [6.07, 6.45) is 14.5. The molecule has 0 N–H and O–H groups in total. The first-order chi connectivity index (χ1) is 16.8. The zero-order valence-corrected chi connectivity index (χ0v) is 21.5. The van der Waals surface area contributed by atoms with Crippen molar-refractivity contribution >= 4 is 16.7 Å². The van der Waals surface area contributed by atoms with Crippen LogP contribution in [0.2, 0.25) is 0 Å². The predicted molar refractivity (Wildman–Crippen MR) is 133 cm³/mol. The van der Waals surface area contributed by atoms with E-state index in [-0.39, 0.29) is 17.9 Å². The molecule has 35 heavy (non-hydrogen) atoms. The van der Waals surface area contributed by atoms with Gasteiger partial charge in [-0.25, -0.2) is 4.98 Å². The number of carbonyl (C=O) groups is 1. The number of Topliss-reactive ketones (excluding diaryl/α,β-unsaturated/α-hetero) is 1. The first-order valence-electron chi connectivity index (χ1n) is 13.8. The summed E-state index contributed by atoms with van der Waals surface area (Å²) in [6, 6.07) is 1.38. The lowest BCUT2D eigenvalue weighted by atomic mass is 9.44. The molecule has 2 heterocycles. The number of hydrogen-bond donors (Lipinski definition) is 0. The van der Waals surface area contributed by atoms with Gasteiger partial charge >= 0.3 is 0 Å². The van der Waals surface area contributed by atoms with E-state index >= 15 is 0 Å². The average molecular weight is 482 g/mol. The molecule has 0 aromatic carbocycles. The van der Waals surface area contributed by atoms with Crippen LogP contribution in [0.25, 0.3) is 10.9 Å². The minimum absolute atomic E-state index is 0.0849. The molecule has 2 aromatic heterocycles. The summed E-state index contributed by atoms with van der Waals surface area (Å²) in [4.78, 5) is 17.3. The van der Waals surface area contributed by atoms with Gasteiger partial charge in [0, 0.05) is 30.7 Å². The molecular weight excluding hydrogens is 441 g/mol. The number of methoxy groups -OCH3 is 1. The highest BCUT2D eigenvalue weighted by atomic mass is 19.1. The molecule has 4 saturated carbocycles. The normalized spacial score (nSPS) is 40.8. The van der Waals surface area contributed by atoms with Crippen molar-refractivity contribution < 1.29 is 13.9 Å². The second kappa shape index (κ2) is 8.64. The number of fused-ring (bicyclic) bond motifs is 6. The molecule has 190 valence electrons. The maximum atomic E-state index is 13.6. The highest BCUT2D eigenvalue weighted by molar-refractivity contribution is 5.83. The van der Waals surface area contributed by atoms with Crippen molar-refractivity contribution in [2.45, 2.75) is 78.2 Å². The van der Waals surface area contributed by atoms with Crippen molar-refractivity contribution in [3.63, 3.8) is 0 Å². The van der Waals surface area contributed by atoms with E-state index in [9.17, 15) is 9.18 Å². The first kappa shape index (κ1) is 23.6. The van der Waals surface area contributed by atoms with Crippen molar-refractivity contribution in [1.82, 2.24) is 14.8 Å². The summed E-state index contributed by atoms with van der Waals surface area (Å²) >= 11 is 0. The van der Waals surface area contributed by atoms with Gasteiger partial charge in [0.25, 0.3) is 0 Å². The third kappa shape index (κ3) is 3.69. The van der Waals surface area contributed by atoms with Gasteiger partial charge in [0.2, 0.25) is 5.95 Å². The number of ketones is 1. The zero-order valence-electron chi connectivity index (χ0n) is 21.5. The van der Waals surface area contributed by atoms with Crippen molar-refractivity contribution in [2.24, 2.45) is 46.3 Å². The third-order valence-corrected chi connectivity index (χ3v) is 11.2. The lowest BCUT2D eigenvalue weighted by Gasteiger charge is -2.61. The Kier molecular flexibility index (Phi) is 5.82. The monoisotopic (exact) mass is 481 g/mol. The molecule has 0 amide bonds. The molecule has 0 bridgehead atoms. The largest absolute Gasteiger partial charge is 0.384 e. The van der Waals surface area contributed by atoms with E-state index in [4.69, 9.17) is 4.74 Å². The standard InChI is InChI=1S/C29H40FN3O2/c1-18-8-11-29(17-35-3)20(12-18)4-5-21-22-6-7-24(28(22,2)10-9-23(21)29)26(34)16-33-15-19-13-27(30)31-14-25(19)32-33/h13-15,18,20-24H,4-12,16-17H2,1-3H3. The number of pyridine rings is 1. The van der Waals surface area contributed by atoms with Gasteiger partial charge in [0.15, 0.2) is 5.78 Å². The Morgan fingerprint density at radius 1 is 1.17 bits per heavy atom. The lowest BCUT2D eigenvalue weighted by Crippen LogP contribution is -2.56. The number of hydrogen-bond acceptors (Lipinski definition) is 4. The van der Waals surface area contributed by atoms with E-state index in [1.54, 1.807) is 10.9 Å². The second-order valence-corrected chi connectivity index (χ2v) is 12.7. The molecule has 6 rings (SSSR count). The van der Waals surface area contributed by atoms with Gasteiger partial charge in [0.05, 0.1) is 19.3 Å². The fourth-order valence-corrected chi connectivity index (χ4v) is 9.65. The predicted octanol–water partition coefficient (Wildman–Crippen LogP) is 6.06. The van der Waals surface area contributed by atoms with Crippen molar-refractivity contribution in [3.8, 4) is 0 Å². The topological polar surface area (TPSA) is 57.0 Å². The van der Waals surface area contributed by atoms with E-state index < -0.39 is 5.95 Å². The highest BCUT2D eigenvalue weighted by Crippen LogP contribution is 2.68. The van der Waals surface area contributed by atoms with Crippen LogP contribution >= 0.6 is 0 Å². The lowest BCUT2D eigenvalue weighted by molar-refractivity contribution is -0.154. The minimum atomic E-state index is -0.514. The molecular formula is C29H40FN3O2. The van der Waals surface area contributed by atoms with Gasteiger partial charge < -0.3 is 4.74 Å². The van der Waals surface area contributed by atoms with Crippen LogP contribution in [0.15, 0.2) is 18.5 Å². The number of nitrogens with zero attached hydrogens (tertiary/aromatic N) is 3. The molecule has 4 aliphatic rings. The fraction of sp³-hybridized carbons (Fsp3) is 0.759. The van der Waals surface area contributed by atoms with E-state index in [1.807, 2.05) is 7.11 Å². The molecule has 2 aromatic rings. The third-order valence-electron chi connectivity index (χ3n) is 11.2. The van der Waals surface area contributed by atoms with E-state index in [0.717, 1.165) is 43.1 Å². The Bertz CT molecular complexity index is 1120. The van der Waals surface area contributed by atoms with E-state index in [2.05, 4.69) is 23.9 Å². The van der Waals surface area contributed by atoms with E-state index in [1.165, 1.54) is 57.2 Å². The molecule has 0 saturated heterocycles. The Morgan fingerprint density at radius 2 is 2.03 bits per heavy atom. The maximum Gasteiger partial charge on any atom is 0.213 e. The van der Waals surface area contributed by atoms with Gasteiger partial charge in [0.1, 0.15) is 5.52 Å². The molecule has 4 fully saturated rings. The van der Waals surface area contributed by atoms with Crippen LogP contribution in [0.1, 0.15) is 71.6 Å². The summed E-state index contributed by atoms with van der Waals surface area (Å²) in [5.74, 6) is 3.64. The molecule has 0 aliphatic heterocycles. The summed E-state index contributed by atoms with van der Waals surface area (Å²) < 4.78 is 21.1. The van der Waals surface area contributed by atoms with Gasteiger partial charge in [-0.15, -0.1) is 0 Å². The fourth-order valence-electron chi connectivity index (χ4n) is 9.65. The summed E-state index contributed by atoms with van der Waals surface area (Å²) in [5, 5.41) is 5.19. The van der Waals surface area contributed by atoms with Crippen LogP contribution in [0, 0.1) is 52.3 Å². The number of aromatic nitrogens is 3. The van der Waals surface area contributed by atoms with Crippen LogP contribution in [-0.4, -0.2) is 34.3 Å². The van der Waals surface area contributed by atoms with Gasteiger partial charge in [-0.05, 0) is 91.8 Å². The zero-order chi connectivity index (χ0) is 24.4. The highest BCUT2D eigenvalue weighted by Gasteiger charge is 2.62. The minimum Gasteiger partial charge on any atom is -0.384 e. The Hall–Kier alpha value is -1.82. The van der Waals surface area contributed by atoms with Crippen molar-refractivity contribution in [2.75, 3.05) is 13.7 Å². The molecule has 6 heteroatoms. The first-order valence-corrected chi connectivity index (χ1v) is 13.8. The van der Waals surface area contributed by atoms with Crippen LogP contribution in [-0.2, 0) is 16.1 Å². The van der Waals surface area contributed by atoms with Gasteiger partial charge in [-0.3, -0.25) is 9.48 Å². The average Bonchev–Trinajstić information content (AvgIpc) is 3.38. The van der Waals surface area contributed by atoms with Crippen LogP contribution < -0.4 is 0 Å². The Labute approximate surface area is 208 Å². The van der Waals surface area contributed by atoms with Gasteiger partial charge in [-0.2, -0.15) is 9.49 Å². The number of ether oxygens (including phenoxy) is 1. The summed E-state index contributed by atoms with van der Waals surface area (Å²) in [7, 11) is 1.90. The van der Waals surface area contributed by atoms with Crippen molar-refractivity contribution in [1.29, 1.82) is 0 Å². The molecule has 0 radical (unpaired) electrons. The number of halogens is 1. The quantitative estimate of drug-likeness (QED) is 0.487. The SMILES string of the molecule is COCC12CCC(C)CC1CCC1C3CCC(C(=O)Cn4cc5cc(F)ncc5n4)C3(C)CCC12. The smallest absolute Gasteiger partial charge is 0.213 e.